The van der Waals surface area contributed by atoms with Crippen LogP contribution in [0, 0.1) is 51.0 Å². The van der Waals surface area contributed by atoms with E-state index >= 15 is 0 Å². The van der Waals surface area contributed by atoms with Crippen LogP contribution in [-0.2, 0) is 18.9 Å². The van der Waals surface area contributed by atoms with Gasteiger partial charge in [-0.15, -0.1) is 20.4 Å². The van der Waals surface area contributed by atoms with Crippen molar-refractivity contribution in [3.63, 3.8) is 0 Å². The number of thioether (sulfide) groups is 4. The predicted molar refractivity (Wildman–Crippen MR) is 530 cm³/mol. The Morgan fingerprint density at radius 1 is 0.347 bits per heavy atom. The molecule has 8 saturated carbocycles. The Balaban J connectivity index is 0.000000148. The van der Waals surface area contributed by atoms with Crippen molar-refractivity contribution >= 4 is 115 Å². The van der Waals surface area contributed by atoms with Gasteiger partial charge in [0.25, 0.3) is 0 Å². The fourth-order valence-corrected chi connectivity index (χ4v) is 20.1. The molecule has 8 fully saturated rings. The van der Waals surface area contributed by atoms with Crippen LogP contribution in [0.4, 0.5) is 40.8 Å². The molecule has 4 aromatic carbocycles. The minimum atomic E-state index is -3.37. The number of nitrogens with one attached hydrogen (secondary N) is 4. The van der Waals surface area contributed by atoms with Crippen molar-refractivity contribution in [1.82, 2.24) is 99.8 Å². The third kappa shape index (κ3) is 23.8. The van der Waals surface area contributed by atoms with E-state index in [9.17, 15) is 73.7 Å². The van der Waals surface area contributed by atoms with Gasteiger partial charge in [0.1, 0.15) is 72.1 Å². The Morgan fingerprint density at radius 3 is 0.889 bits per heavy atom. The van der Waals surface area contributed by atoms with E-state index in [4.69, 9.17) is 54.2 Å². The van der Waals surface area contributed by atoms with Crippen molar-refractivity contribution in [2.24, 2.45) is 0 Å². The van der Waals surface area contributed by atoms with Gasteiger partial charge in [0.15, 0.2) is 88.6 Å². The minimum absolute atomic E-state index is 0.0163. The summed E-state index contributed by atoms with van der Waals surface area (Å²) in [5.74, 6) is -1.60. The largest absolute Gasteiger partial charge is 0.394 e. The Hall–Kier alpha value is -9.52. The second kappa shape index (κ2) is 47.3. The number of anilines is 4. The molecule has 8 aliphatic carbocycles. The number of hydrogen-bond donors (Lipinski definition) is 16. The number of ether oxygens (including phenoxy) is 4. The predicted octanol–water partition coefficient (Wildman–Crippen LogP) is 8.73. The molecule has 8 aromatic heterocycles. The van der Waals surface area contributed by atoms with Crippen molar-refractivity contribution < 1.29 is 128 Å². The lowest BCUT2D eigenvalue weighted by Gasteiger charge is -2.17. The van der Waals surface area contributed by atoms with Gasteiger partial charge in [0.2, 0.25) is 0 Å². The lowest BCUT2D eigenvalue weighted by Crippen LogP contribution is -2.33. The first-order chi connectivity index (χ1) is 78.1. The highest BCUT2D eigenvalue weighted by Crippen LogP contribution is 2.50. The maximum atomic E-state index is 14.6. The zero-order chi connectivity index (χ0) is 121. The van der Waals surface area contributed by atoms with Crippen LogP contribution in [0.15, 0.2) is 93.1 Å². The second-order valence-electron chi connectivity index (χ2n) is 35.8. The number of nitrogens with zero attached hydrogens (tertiary/aromatic N) is 20. The Kier molecular flexibility index (Phi) is 26.5. The molecule has 776 valence electrons. The van der Waals surface area contributed by atoms with E-state index in [1.807, 2.05) is 20.8 Å². The van der Waals surface area contributed by atoms with Gasteiger partial charge in [-0.05, 0) is 148 Å². The fourth-order valence-electron chi connectivity index (χ4n) is 17.5. The molecule has 12 aromatic rings. The molecule has 20 rings (SSSR count). The summed E-state index contributed by atoms with van der Waals surface area (Å²) in [6.45, 7) is -0.247. The zero-order valence-electron chi connectivity index (χ0n) is 101. The van der Waals surface area contributed by atoms with Gasteiger partial charge >= 0.3 is 0 Å². The van der Waals surface area contributed by atoms with E-state index in [-0.39, 0.29) is 248 Å². The summed E-state index contributed by atoms with van der Waals surface area (Å²) in [5.41, 5.74) is 0.657. The molecule has 48 heteroatoms. The van der Waals surface area contributed by atoms with E-state index in [0.717, 1.165) is 42.5 Å². The highest BCUT2D eigenvalue weighted by atomic mass is 32.2. The summed E-state index contributed by atoms with van der Waals surface area (Å²) >= 11 is 4.94. The number of halogens is 4. The zero-order valence-corrected chi connectivity index (χ0v) is 82.1. The number of hydrogen-bond acceptors (Lipinski definition) is 40. The van der Waals surface area contributed by atoms with Crippen molar-refractivity contribution in [3.8, 4) is 0 Å². The van der Waals surface area contributed by atoms with Gasteiger partial charge < -0.3 is 101 Å². The van der Waals surface area contributed by atoms with Gasteiger partial charge in [0.05, 0.1) is 129 Å². The number of aliphatic hydroxyl groups excluding tert-OH is 10. The SMILES string of the molecule is [2H]c1c([2H])c([C@@H]2C[C@H]2Nc2nc(SC([2H])([2H])CC)nc3c2nnn3[C@@H]2C[C@H](OCCO)[C@@H](O)[C@H]2O)c([2H])c(F)c1C.[2H]c1c([2H])c([C@@H]2C[C@H]2Nc2nc(SCCC)nc3c2nnn3[C@@H]2C[C@H](OC([2H])([2H])C([2H])([2H])O)[C@@H](O)[C@H]2O)c([2H])c(F)c1C.[2H]c1c([2H])c([C@@H]2C[C@H]2Nc2nc(SCCC)nc3c2nnn3[C@@H]2C[C@H](OC([2H])([2H])CO)[C@@H](O)[C@H]2O)c([2H])c(F)c1C.[2H]c1c([2H])c([C@@H]2C[C@H]2Nc2nc(SCCC)nc3c2nnn3[C@@H]2C[C@H](OCC([2H])([2H])O)[C@@H](O)[C@H]2O)c([2H])c(F)c1C. The van der Waals surface area contributed by atoms with Gasteiger partial charge in [0, 0.05) is 99.2 Å². The Labute approximate surface area is 874 Å². The molecule has 40 nitrogen and oxygen atoms in total. The molecular weight excluding hydrogens is 1950 g/mol. The Morgan fingerprint density at radius 2 is 0.625 bits per heavy atom. The lowest BCUT2D eigenvalue weighted by molar-refractivity contribution is -0.0629. The van der Waals surface area contributed by atoms with Crippen molar-refractivity contribution in [1.29, 1.82) is 0 Å². The molecule has 0 bridgehead atoms. The molecule has 0 amide bonds. The van der Waals surface area contributed by atoms with Crippen LogP contribution < -0.4 is 21.3 Å². The molecule has 24 atom stereocenters. The van der Waals surface area contributed by atoms with Gasteiger partial charge in [-0.1, -0.05) is 144 Å². The normalized spacial score (nSPS) is 30.3. The summed E-state index contributed by atoms with van der Waals surface area (Å²) in [7, 11) is 0. The number of benzene rings is 4. The third-order valence-corrected chi connectivity index (χ3v) is 29.5. The van der Waals surface area contributed by atoms with E-state index in [0.29, 0.717) is 58.5 Å². The van der Waals surface area contributed by atoms with E-state index in [1.165, 1.54) is 81.7 Å². The van der Waals surface area contributed by atoms with E-state index < -0.39 is 190 Å². The topological polar surface area (TPSA) is 554 Å². The smallest absolute Gasteiger partial charge is 0.191 e. The molecule has 0 unspecified atom stereocenters. The highest BCUT2D eigenvalue weighted by molar-refractivity contribution is 7.99. The monoisotopic (exact) mass is 2090 g/mol. The van der Waals surface area contributed by atoms with Crippen LogP contribution in [0.5, 0.6) is 0 Å². The molecule has 0 spiro atoms. The molecule has 8 aliphatic rings. The summed E-state index contributed by atoms with van der Waals surface area (Å²) in [6, 6.07) is -8.09. The number of aliphatic hydroxyl groups is 12. The van der Waals surface area contributed by atoms with Crippen LogP contribution >= 0.6 is 47.0 Å². The van der Waals surface area contributed by atoms with E-state index in [1.54, 1.807) is 6.92 Å². The first-order valence-electron chi connectivity index (χ1n) is 58.0. The summed E-state index contributed by atoms with van der Waals surface area (Å²) in [5, 5.41) is 170. The standard InChI is InChI=1S/4C24H31FN6O4S/c4*1-3-8-36-24-27-22(26-16-10-14(16)13-5-4-12(2)15(25)9-13)19-23(28-24)31(30-29-19)17-11-18(35-7-6-32)21(34)20(17)33/h4*4-5,9,14,16-18,20-21,32-34H,3,6-8,10-11H2,1-2H3,(H,26,27,28)/t4*14-,16+,17+,18-,20-,21+/m0000/s1/i4D,5D,6D2,7D2,9D;4D,5D,8D2,9D;4D,5D,7D2,9D;4D,5D,6D2,9D. The molecule has 16 N–H and O–H groups in total. The fraction of sp³-hybridized carbons (Fsp3) is 0.583. The van der Waals surface area contributed by atoms with Gasteiger partial charge in [-0.2, -0.15) is 0 Å². The average Bonchev–Trinajstić information content (AvgIpc) is 1.59. The van der Waals surface area contributed by atoms with E-state index in [2.05, 4.69) is 102 Å². The minimum Gasteiger partial charge on any atom is -0.394 e. The molecule has 0 aliphatic heterocycles. The summed E-state index contributed by atoms with van der Waals surface area (Å²) in [4.78, 5) is 36.5. The van der Waals surface area contributed by atoms with Crippen LogP contribution in [0.3, 0.4) is 0 Å². The Bertz CT molecular complexity index is 7570. The highest BCUT2D eigenvalue weighted by Gasteiger charge is 2.51. The first kappa shape index (κ1) is 80.5. The number of rotatable bonds is 40. The van der Waals surface area contributed by atoms with Crippen LogP contribution in [0.2, 0.25) is 0 Å². The quantitative estimate of drug-likeness (QED) is 0.00969. The molecule has 0 radical (unpaired) electrons. The average molecular weight is 2100 g/mol. The molecule has 0 saturated heterocycles. The van der Waals surface area contributed by atoms with Gasteiger partial charge in [-0.3, -0.25) is 0 Å². The maximum Gasteiger partial charge on any atom is 0.191 e. The number of aromatic nitrogens is 20. The van der Waals surface area contributed by atoms with Crippen molar-refractivity contribution in [3.05, 3.63) is 140 Å². The summed E-state index contributed by atoms with van der Waals surface area (Å²) in [6.07, 6.45) is -10.9. The number of fused-ring (bicyclic) bond motifs is 4. The van der Waals surface area contributed by atoms with Crippen LogP contribution in [-0.4, -0.2) is 334 Å². The van der Waals surface area contributed by atoms with Crippen LogP contribution in [0.25, 0.3) is 44.7 Å². The van der Waals surface area contributed by atoms with Crippen molar-refractivity contribution in [2.45, 2.75) is 298 Å². The summed E-state index contributed by atoms with van der Waals surface area (Å²) < 4.78 is 259. The molecular formula is C96H124F4N24O16S4. The first-order valence-corrected chi connectivity index (χ1v) is 50.8. The molecule has 8 heterocycles. The van der Waals surface area contributed by atoms with Crippen molar-refractivity contribution in [2.75, 3.05) is 96.9 Å². The lowest BCUT2D eigenvalue weighted by atomic mass is 10.1. The second-order valence-corrected chi connectivity index (χ2v) is 39.8. The molecule has 144 heavy (non-hydrogen) atoms. The van der Waals surface area contributed by atoms with Gasteiger partial charge in [-0.25, -0.2) is 76.2 Å². The maximum absolute atomic E-state index is 14.6. The third-order valence-electron chi connectivity index (χ3n) is 25.6. The van der Waals surface area contributed by atoms with Crippen LogP contribution in [0.1, 0.15) is 227 Å².